The van der Waals surface area contributed by atoms with E-state index < -0.39 is 0 Å². The van der Waals surface area contributed by atoms with Gasteiger partial charge in [0.2, 0.25) is 0 Å². The fourth-order valence-electron chi connectivity index (χ4n) is 0.986. The van der Waals surface area contributed by atoms with Crippen molar-refractivity contribution in [3.05, 3.63) is 23.3 Å². The molecule has 0 atom stereocenters. The highest BCUT2D eigenvalue weighted by Gasteiger charge is 2.08. The maximum atomic E-state index is 11.1. The van der Waals surface area contributed by atoms with E-state index in [2.05, 4.69) is 9.97 Å². The van der Waals surface area contributed by atoms with Gasteiger partial charge in [-0.1, -0.05) is 6.92 Å². The number of nitrogens with zero attached hydrogens (tertiary/aromatic N) is 2. The van der Waals surface area contributed by atoms with Crippen molar-refractivity contribution in [1.29, 1.82) is 0 Å². The first-order chi connectivity index (χ1) is 6.19. The quantitative estimate of drug-likeness (QED) is 0.380. The van der Waals surface area contributed by atoms with Gasteiger partial charge in [0.15, 0.2) is 0 Å². The Hall–Kier alpha value is -1.49. The van der Waals surface area contributed by atoms with Crippen molar-refractivity contribution < 1.29 is 4.79 Å². The van der Waals surface area contributed by atoms with Crippen LogP contribution in [0.15, 0.2) is 6.20 Å². The lowest BCUT2D eigenvalue weighted by Crippen LogP contribution is -2.31. The molecule has 0 aliphatic heterocycles. The zero-order chi connectivity index (χ0) is 9.84. The van der Waals surface area contributed by atoms with Crippen molar-refractivity contribution in [1.82, 2.24) is 15.4 Å². The molecule has 0 radical (unpaired) electrons. The van der Waals surface area contributed by atoms with E-state index in [4.69, 9.17) is 5.84 Å². The molecule has 0 aliphatic carbocycles. The molecule has 5 nitrogen and oxygen atoms in total. The van der Waals surface area contributed by atoms with Crippen molar-refractivity contribution in [2.45, 2.75) is 20.3 Å². The first-order valence-corrected chi connectivity index (χ1v) is 4.02. The minimum absolute atomic E-state index is 0.361. The van der Waals surface area contributed by atoms with Crippen LogP contribution in [0.4, 0.5) is 0 Å². The largest absolute Gasteiger partial charge is 0.290 e. The topological polar surface area (TPSA) is 80.9 Å². The molecule has 1 heterocycles. The molecule has 5 heteroatoms. The van der Waals surface area contributed by atoms with Crippen LogP contribution in [0.5, 0.6) is 0 Å². The lowest BCUT2D eigenvalue weighted by molar-refractivity contribution is 0.0952. The Bertz CT molecular complexity index is 324. The van der Waals surface area contributed by atoms with Crippen LogP contribution in [0.25, 0.3) is 0 Å². The van der Waals surface area contributed by atoms with Crippen molar-refractivity contribution in [2.24, 2.45) is 5.84 Å². The number of carbonyl (C=O) groups is 1. The van der Waals surface area contributed by atoms with Crippen LogP contribution < -0.4 is 11.3 Å². The van der Waals surface area contributed by atoms with E-state index in [1.165, 1.54) is 6.20 Å². The molecule has 0 saturated heterocycles. The monoisotopic (exact) mass is 180 g/mol. The van der Waals surface area contributed by atoms with E-state index in [0.717, 1.165) is 12.2 Å². The van der Waals surface area contributed by atoms with Gasteiger partial charge in [0, 0.05) is 12.6 Å². The van der Waals surface area contributed by atoms with E-state index in [9.17, 15) is 4.79 Å². The summed E-state index contributed by atoms with van der Waals surface area (Å²) < 4.78 is 0. The van der Waals surface area contributed by atoms with Crippen LogP contribution in [0.1, 0.15) is 28.8 Å². The number of hydrazine groups is 1. The first kappa shape index (κ1) is 9.60. The summed E-state index contributed by atoms with van der Waals surface area (Å²) in [5.41, 5.74) is 3.10. The molecule has 1 amide bonds. The van der Waals surface area contributed by atoms with Gasteiger partial charge in [-0.05, 0) is 6.92 Å². The number of hydrogen-bond acceptors (Lipinski definition) is 4. The second-order valence-electron chi connectivity index (χ2n) is 2.61. The lowest BCUT2D eigenvalue weighted by Gasteiger charge is -2.03. The van der Waals surface area contributed by atoms with Crippen molar-refractivity contribution in [3.8, 4) is 0 Å². The molecule has 1 aromatic heterocycles. The lowest BCUT2D eigenvalue weighted by atomic mass is 10.2. The third-order valence-electron chi connectivity index (χ3n) is 1.72. The number of hydrogen-bond donors (Lipinski definition) is 2. The van der Waals surface area contributed by atoms with Gasteiger partial charge < -0.3 is 0 Å². The molecule has 13 heavy (non-hydrogen) atoms. The molecule has 0 aromatic carbocycles. The van der Waals surface area contributed by atoms with E-state index >= 15 is 0 Å². The average molecular weight is 180 g/mol. The number of aryl methyl sites for hydroxylation is 2. The van der Waals surface area contributed by atoms with Crippen LogP contribution in [0.3, 0.4) is 0 Å². The second-order valence-corrected chi connectivity index (χ2v) is 2.61. The molecule has 0 aliphatic rings. The van der Waals surface area contributed by atoms with Gasteiger partial charge in [-0.2, -0.15) is 0 Å². The van der Waals surface area contributed by atoms with Crippen LogP contribution >= 0.6 is 0 Å². The molecular formula is C8H12N4O. The third-order valence-corrected chi connectivity index (χ3v) is 1.72. The van der Waals surface area contributed by atoms with Crippen LogP contribution in [-0.4, -0.2) is 15.9 Å². The summed E-state index contributed by atoms with van der Waals surface area (Å²) in [6.45, 7) is 3.71. The summed E-state index contributed by atoms with van der Waals surface area (Å²) in [5.74, 6) is 5.36. The Labute approximate surface area is 76.4 Å². The highest BCUT2D eigenvalue weighted by molar-refractivity contribution is 5.94. The SMILES string of the molecule is CCc1ncc(C(=O)NN)c(C)n1. The number of amides is 1. The standard InChI is InChI=1S/C8H12N4O/c1-3-7-10-4-6(5(2)11-7)8(13)12-9/h4H,3,9H2,1-2H3,(H,12,13). The average Bonchev–Trinajstić information content (AvgIpc) is 2.16. The van der Waals surface area contributed by atoms with Gasteiger partial charge in [0.25, 0.3) is 5.91 Å². The molecule has 70 valence electrons. The highest BCUT2D eigenvalue weighted by Crippen LogP contribution is 2.03. The third kappa shape index (κ3) is 2.00. The van der Waals surface area contributed by atoms with Crippen molar-refractivity contribution in [3.63, 3.8) is 0 Å². The fourth-order valence-corrected chi connectivity index (χ4v) is 0.986. The number of carbonyl (C=O) groups excluding carboxylic acids is 1. The fraction of sp³-hybridized carbons (Fsp3) is 0.375. The second kappa shape index (κ2) is 3.95. The van der Waals surface area contributed by atoms with E-state index in [1.807, 2.05) is 12.3 Å². The number of rotatable bonds is 2. The number of nitrogen functional groups attached to an aromatic ring is 1. The molecule has 0 fully saturated rings. The first-order valence-electron chi connectivity index (χ1n) is 4.02. The van der Waals surface area contributed by atoms with Crippen molar-refractivity contribution >= 4 is 5.91 Å². The molecule has 3 N–H and O–H groups in total. The highest BCUT2D eigenvalue weighted by atomic mass is 16.2. The van der Waals surface area contributed by atoms with Gasteiger partial charge in [0.1, 0.15) is 5.82 Å². The van der Waals surface area contributed by atoms with Crippen LogP contribution in [0, 0.1) is 6.92 Å². The molecule has 1 aromatic rings. The summed E-state index contributed by atoms with van der Waals surface area (Å²) in [4.78, 5) is 19.3. The van der Waals surface area contributed by atoms with Gasteiger partial charge >= 0.3 is 0 Å². The molecule has 1 rings (SSSR count). The van der Waals surface area contributed by atoms with Gasteiger partial charge in [-0.3, -0.25) is 10.2 Å². The number of nitrogens with one attached hydrogen (secondary N) is 1. The maximum Gasteiger partial charge on any atom is 0.268 e. The molecular weight excluding hydrogens is 168 g/mol. The minimum Gasteiger partial charge on any atom is -0.290 e. The molecule has 0 unspecified atom stereocenters. The van der Waals surface area contributed by atoms with Crippen LogP contribution in [-0.2, 0) is 6.42 Å². The Morgan fingerprint density at radius 3 is 2.85 bits per heavy atom. The predicted molar refractivity (Wildman–Crippen MR) is 47.8 cm³/mol. The van der Waals surface area contributed by atoms with Crippen LogP contribution in [0.2, 0.25) is 0 Å². The summed E-state index contributed by atoms with van der Waals surface area (Å²) in [6.07, 6.45) is 2.24. The Kier molecular flexibility index (Phi) is 2.92. The zero-order valence-corrected chi connectivity index (χ0v) is 7.66. The molecule has 0 spiro atoms. The summed E-state index contributed by atoms with van der Waals surface area (Å²) >= 11 is 0. The van der Waals surface area contributed by atoms with E-state index in [0.29, 0.717) is 11.3 Å². The Morgan fingerprint density at radius 2 is 2.38 bits per heavy atom. The number of nitrogens with two attached hydrogens (primary N) is 1. The smallest absolute Gasteiger partial charge is 0.268 e. The number of aromatic nitrogens is 2. The minimum atomic E-state index is -0.361. The Morgan fingerprint density at radius 1 is 1.69 bits per heavy atom. The predicted octanol–water partition coefficient (Wildman–Crippen LogP) is -0.0491. The Balaban J connectivity index is 3.05. The maximum absolute atomic E-state index is 11.1. The summed E-state index contributed by atoms with van der Waals surface area (Å²) in [5, 5.41) is 0. The van der Waals surface area contributed by atoms with E-state index in [1.54, 1.807) is 6.92 Å². The summed E-state index contributed by atoms with van der Waals surface area (Å²) in [6, 6.07) is 0. The normalized spacial score (nSPS) is 9.77. The van der Waals surface area contributed by atoms with Gasteiger partial charge in [-0.15, -0.1) is 0 Å². The molecule has 0 bridgehead atoms. The van der Waals surface area contributed by atoms with Crippen molar-refractivity contribution in [2.75, 3.05) is 0 Å². The van der Waals surface area contributed by atoms with Gasteiger partial charge in [0.05, 0.1) is 11.3 Å². The van der Waals surface area contributed by atoms with E-state index in [-0.39, 0.29) is 5.91 Å². The molecule has 0 saturated carbocycles. The van der Waals surface area contributed by atoms with Gasteiger partial charge in [-0.25, -0.2) is 15.8 Å². The zero-order valence-electron chi connectivity index (χ0n) is 7.66. The summed E-state index contributed by atoms with van der Waals surface area (Å²) in [7, 11) is 0.